The van der Waals surface area contributed by atoms with E-state index in [-0.39, 0.29) is 23.6 Å². The Balaban J connectivity index is 1.36. The lowest BCUT2D eigenvalue weighted by Crippen LogP contribution is -2.53. The fraction of sp³-hybridized carbons (Fsp3) is 0.361. The van der Waals surface area contributed by atoms with E-state index in [0.717, 1.165) is 53.4 Å². The molecule has 7 heteroatoms. The summed E-state index contributed by atoms with van der Waals surface area (Å²) in [4.78, 5) is 43.8. The molecular formula is C36H42N4O3. The molecule has 2 amide bonds. The van der Waals surface area contributed by atoms with Gasteiger partial charge in [-0.2, -0.15) is 0 Å². The molecule has 1 aliphatic rings. The first-order valence-electron chi connectivity index (χ1n) is 15.5. The second-order valence-electron chi connectivity index (χ2n) is 11.6. The first-order valence-corrected chi connectivity index (χ1v) is 15.5. The normalized spacial score (nSPS) is 17.6. The molecule has 0 bridgehead atoms. The van der Waals surface area contributed by atoms with Crippen LogP contribution in [0, 0.1) is 0 Å². The highest BCUT2D eigenvalue weighted by molar-refractivity contribution is 5.91. The van der Waals surface area contributed by atoms with Gasteiger partial charge in [0.05, 0.1) is 12.1 Å². The lowest BCUT2D eigenvalue weighted by molar-refractivity contribution is -0.131. The predicted molar refractivity (Wildman–Crippen MR) is 171 cm³/mol. The van der Waals surface area contributed by atoms with Crippen LogP contribution in [-0.4, -0.2) is 46.1 Å². The molecule has 224 valence electrons. The maximum Gasteiger partial charge on any atom is 0.237 e. The van der Waals surface area contributed by atoms with E-state index in [1.54, 1.807) is 6.92 Å². The van der Waals surface area contributed by atoms with E-state index in [1.807, 2.05) is 48.5 Å². The number of unbranched alkanes of at least 4 members (excludes halogenated alkanes) is 2. The highest BCUT2D eigenvalue weighted by atomic mass is 16.2. The molecule has 0 aliphatic carbocycles. The van der Waals surface area contributed by atoms with Gasteiger partial charge in [-0.05, 0) is 61.8 Å². The Bertz CT molecular complexity index is 1530. The molecular weight excluding hydrogens is 536 g/mol. The van der Waals surface area contributed by atoms with Crippen LogP contribution >= 0.6 is 0 Å². The van der Waals surface area contributed by atoms with E-state index in [2.05, 4.69) is 51.6 Å². The number of rotatable bonds is 14. The Hall–Kier alpha value is -4.23. The van der Waals surface area contributed by atoms with Crippen LogP contribution in [0.5, 0.6) is 0 Å². The minimum Gasteiger partial charge on any atom is -0.368 e. The third-order valence-electron chi connectivity index (χ3n) is 8.67. The average molecular weight is 579 g/mol. The van der Waals surface area contributed by atoms with E-state index < -0.39 is 12.1 Å². The minimum absolute atomic E-state index is 0.0648. The molecule has 0 unspecified atom stereocenters. The number of fused-ring (bicyclic) bond motifs is 1. The first-order chi connectivity index (χ1) is 20.9. The molecule has 1 fully saturated rings. The number of ketones is 1. The summed E-state index contributed by atoms with van der Waals surface area (Å²) in [5.41, 5.74) is 11.4. The van der Waals surface area contributed by atoms with Crippen molar-refractivity contribution in [3.05, 3.63) is 96.1 Å². The number of hydrogen-bond donors (Lipinski definition) is 3. The molecule has 0 saturated carbocycles. The van der Waals surface area contributed by atoms with Gasteiger partial charge in [0, 0.05) is 35.6 Å². The first kappa shape index (κ1) is 30.2. The second kappa shape index (κ2) is 14.3. The van der Waals surface area contributed by atoms with Crippen molar-refractivity contribution in [1.29, 1.82) is 0 Å². The summed E-state index contributed by atoms with van der Waals surface area (Å²) in [6, 6.07) is 27.5. The van der Waals surface area contributed by atoms with Crippen LogP contribution in [0.15, 0.2) is 84.9 Å². The number of primary amides is 1. The quantitative estimate of drug-likeness (QED) is 0.157. The van der Waals surface area contributed by atoms with Crippen LogP contribution in [0.2, 0.25) is 0 Å². The standard InChI is InChI=1S/C36H42N4O3/c1-25(41)13-5-2-10-20-33(40-31(21-22-32(40)35(37)42)26-14-6-3-7-15-26)36(43)38-24-23-29-28-18-11-12-19-30(28)39-34(29)27-16-8-4-9-17-27/h3-4,6-9,11-12,14-19,31-33,39H,2,5,10,13,20-24H2,1H3,(H2,37,42)(H,38,43)/t31-,32-,33+/m1/s1. The van der Waals surface area contributed by atoms with Crippen molar-refractivity contribution in [3.8, 4) is 11.3 Å². The van der Waals surface area contributed by atoms with Crippen molar-refractivity contribution in [3.63, 3.8) is 0 Å². The second-order valence-corrected chi connectivity index (χ2v) is 11.6. The number of hydrogen-bond acceptors (Lipinski definition) is 4. The molecule has 1 aliphatic heterocycles. The number of H-pyrrole nitrogens is 1. The summed E-state index contributed by atoms with van der Waals surface area (Å²) in [6.45, 7) is 2.08. The predicted octanol–water partition coefficient (Wildman–Crippen LogP) is 6.09. The van der Waals surface area contributed by atoms with Gasteiger partial charge >= 0.3 is 0 Å². The fourth-order valence-electron chi connectivity index (χ4n) is 6.61. The maximum absolute atomic E-state index is 14.0. The summed E-state index contributed by atoms with van der Waals surface area (Å²) < 4.78 is 0. The van der Waals surface area contributed by atoms with E-state index in [9.17, 15) is 14.4 Å². The third-order valence-corrected chi connectivity index (χ3v) is 8.67. The number of para-hydroxylation sites is 1. The fourth-order valence-corrected chi connectivity index (χ4v) is 6.61. The number of likely N-dealkylation sites (tertiary alicyclic amines) is 1. The highest BCUT2D eigenvalue weighted by Crippen LogP contribution is 2.39. The number of carbonyl (C=O) groups is 3. The Morgan fingerprint density at radius 1 is 0.907 bits per heavy atom. The zero-order valence-corrected chi connectivity index (χ0v) is 24.9. The molecule has 3 aromatic carbocycles. The number of amides is 2. The van der Waals surface area contributed by atoms with Crippen molar-refractivity contribution in [2.75, 3.05) is 6.54 Å². The van der Waals surface area contributed by atoms with Gasteiger partial charge in [0.1, 0.15) is 5.78 Å². The van der Waals surface area contributed by atoms with Gasteiger partial charge in [-0.15, -0.1) is 0 Å². The maximum atomic E-state index is 14.0. The van der Waals surface area contributed by atoms with Gasteiger partial charge in [-0.3, -0.25) is 14.5 Å². The number of Topliss-reactive ketones (excluding diaryl/α,β-unsaturated/α-hetero) is 1. The van der Waals surface area contributed by atoms with Crippen LogP contribution in [-0.2, 0) is 20.8 Å². The number of carbonyl (C=O) groups excluding carboxylic acids is 3. The zero-order chi connectivity index (χ0) is 30.2. The monoisotopic (exact) mass is 578 g/mol. The number of aromatic amines is 1. The van der Waals surface area contributed by atoms with Crippen LogP contribution in [0.4, 0.5) is 0 Å². The Kier molecular flexibility index (Phi) is 10.1. The Morgan fingerprint density at radius 3 is 2.33 bits per heavy atom. The minimum atomic E-state index is -0.503. The van der Waals surface area contributed by atoms with Gasteiger partial charge in [0.2, 0.25) is 11.8 Å². The van der Waals surface area contributed by atoms with Crippen LogP contribution < -0.4 is 11.1 Å². The molecule has 1 aromatic heterocycles. The molecule has 4 aromatic rings. The average Bonchev–Trinajstić information content (AvgIpc) is 3.62. The van der Waals surface area contributed by atoms with Crippen molar-refractivity contribution in [2.45, 2.75) is 76.4 Å². The number of aromatic nitrogens is 1. The summed E-state index contributed by atoms with van der Waals surface area (Å²) in [6.07, 6.45) is 5.63. The van der Waals surface area contributed by atoms with E-state index in [1.165, 1.54) is 5.56 Å². The van der Waals surface area contributed by atoms with Crippen molar-refractivity contribution in [2.24, 2.45) is 5.73 Å². The Labute approximate surface area is 253 Å². The van der Waals surface area contributed by atoms with Crippen LogP contribution in [0.1, 0.15) is 69.0 Å². The number of nitrogens with zero attached hydrogens (tertiary/aromatic N) is 1. The third kappa shape index (κ3) is 7.23. The zero-order valence-electron chi connectivity index (χ0n) is 24.9. The Morgan fingerprint density at radius 2 is 1.60 bits per heavy atom. The van der Waals surface area contributed by atoms with Crippen LogP contribution in [0.25, 0.3) is 22.2 Å². The number of nitrogens with one attached hydrogen (secondary N) is 2. The summed E-state index contributed by atoms with van der Waals surface area (Å²) in [5, 5.41) is 4.38. The van der Waals surface area contributed by atoms with Crippen LogP contribution in [0.3, 0.4) is 0 Å². The van der Waals surface area contributed by atoms with Crippen molar-refractivity contribution >= 4 is 28.5 Å². The van der Waals surface area contributed by atoms with Gasteiger partial charge in [0.15, 0.2) is 0 Å². The molecule has 2 heterocycles. The van der Waals surface area contributed by atoms with Gasteiger partial charge in [-0.1, -0.05) is 91.7 Å². The highest BCUT2D eigenvalue weighted by Gasteiger charge is 2.43. The van der Waals surface area contributed by atoms with Crippen molar-refractivity contribution < 1.29 is 14.4 Å². The SMILES string of the molecule is CC(=O)CCCCC[C@@H](C(=O)NCCc1c(-c2ccccc2)[nH]c2ccccc12)N1[C@@H](C(N)=O)CC[C@@H]1c1ccccc1. The lowest BCUT2D eigenvalue weighted by atomic mass is 9.99. The van der Waals surface area contributed by atoms with Gasteiger partial charge in [-0.25, -0.2) is 0 Å². The molecule has 1 saturated heterocycles. The molecule has 0 spiro atoms. The molecule has 7 nitrogen and oxygen atoms in total. The molecule has 43 heavy (non-hydrogen) atoms. The largest absolute Gasteiger partial charge is 0.368 e. The molecule has 3 atom stereocenters. The molecule has 5 rings (SSSR count). The smallest absolute Gasteiger partial charge is 0.237 e. The van der Waals surface area contributed by atoms with E-state index in [4.69, 9.17) is 5.73 Å². The summed E-state index contributed by atoms with van der Waals surface area (Å²) >= 11 is 0. The van der Waals surface area contributed by atoms with Gasteiger partial charge < -0.3 is 20.8 Å². The summed E-state index contributed by atoms with van der Waals surface area (Å²) in [5.74, 6) is -0.292. The number of benzene rings is 3. The molecule has 4 N–H and O–H groups in total. The van der Waals surface area contributed by atoms with E-state index in [0.29, 0.717) is 32.2 Å². The van der Waals surface area contributed by atoms with E-state index >= 15 is 0 Å². The summed E-state index contributed by atoms with van der Waals surface area (Å²) in [7, 11) is 0. The molecule has 0 radical (unpaired) electrons. The van der Waals surface area contributed by atoms with Gasteiger partial charge in [0.25, 0.3) is 0 Å². The lowest BCUT2D eigenvalue weighted by Gasteiger charge is -2.36. The van der Waals surface area contributed by atoms with Crippen molar-refractivity contribution in [1.82, 2.24) is 15.2 Å². The topological polar surface area (TPSA) is 108 Å². The number of nitrogens with two attached hydrogens (primary N) is 1.